The Morgan fingerprint density at radius 2 is 1.68 bits per heavy atom. The van der Waals surface area contributed by atoms with E-state index >= 15 is 0 Å². The Morgan fingerprint density at radius 3 is 2.41 bits per heavy atom. The lowest BCUT2D eigenvalue weighted by molar-refractivity contribution is -0.118. The van der Waals surface area contributed by atoms with Crippen LogP contribution in [0.4, 0.5) is 11.4 Å². The molecule has 1 heterocycles. The minimum absolute atomic E-state index is 0.0747. The Balaban J connectivity index is 1.68. The quantitative estimate of drug-likeness (QED) is 0.365. The van der Waals surface area contributed by atoms with Crippen LogP contribution in [0, 0.1) is 5.41 Å². The van der Waals surface area contributed by atoms with Crippen molar-refractivity contribution in [3.05, 3.63) is 101 Å². The first-order valence-electron chi connectivity index (χ1n) is 13.1. The molecule has 1 N–H and O–H groups in total. The molecule has 1 atom stereocenters. The van der Waals surface area contributed by atoms with Gasteiger partial charge in [0, 0.05) is 23.3 Å². The van der Waals surface area contributed by atoms with Crippen molar-refractivity contribution in [1.82, 2.24) is 0 Å². The van der Waals surface area contributed by atoms with Gasteiger partial charge >= 0.3 is 0 Å². The number of anilines is 2. The van der Waals surface area contributed by atoms with Crippen molar-refractivity contribution in [1.29, 1.82) is 0 Å². The van der Waals surface area contributed by atoms with E-state index in [2.05, 4.69) is 26.1 Å². The summed E-state index contributed by atoms with van der Waals surface area (Å²) in [5, 5.41) is 3.57. The fourth-order valence-corrected chi connectivity index (χ4v) is 5.33. The van der Waals surface area contributed by atoms with E-state index in [9.17, 15) is 9.59 Å². The van der Waals surface area contributed by atoms with Crippen molar-refractivity contribution in [3.63, 3.8) is 0 Å². The molecule has 3 aromatic carbocycles. The Morgan fingerprint density at radius 1 is 0.973 bits per heavy atom. The average molecular weight is 495 g/mol. The van der Waals surface area contributed by atoms with Gasteiger partial charge < -0.3 is 10.1 Å². The monoisotopic (exact) mass is 494 g/mol. The molecule has 2 aliphatic rings. The fourth-order valence-electron chi connectivity index (χ4n) is 5.33. The highest BCUT2D eigenvalue weighted by Crippen LogP contribution is 2.48. The summed E-state index contributed by atoms with van der Waals surface area (Å²) in [5.41, 5.74) is 4.43. The van der Waals surface area contributed by atoms with Crippen LogP contribution >= 0.6 is 0 Å². The standard InChI is InChI=1S/C32H34N2O3/c1-4-5-19-37-24-17-15-22(16-18-24)30-29-26(20-32(2,3)21-28(29)35)33-25-13-9-10-14-27(25)34(30)31(36)23-11-7-6-8-12-23/h6-18,30,33H,4-5,19-21H2,1-3H3. The molecule has 0 fully saturated rings. The first-order chi connectivity index (χ1) is 17.9. The second-order valence-electron chi connectivity index (χ2n) is 10.7. The number of nitrogens with one attached hydrogen (secondary N) is 1. The van der Waals surface area contributed by atoms with E-state index in [0.29, 0.717) is 24.2 Å². The minimum atomic E-state index is -0.563. The van der Waals surface area contributed by atoms with Crippen molar-refractivity contribution >= 4 is 23.1 Å². The van der Waals surface area contributed by atoms with Crippen molar-refractivity contribution in [2.75, 3.05) is 16.8 Å². The van der Waals surface area contributed by atoms with Gasteiger partial charge in [-0.3, -0.25) is 14.5 Å². The molecular weight excluding hydrogens is 460 g/mol. The SMILES string of the molecule is CCCCOc1ccc(C2C3=C(CC(C)(C)CC3=O)Nc3ccccc3N2C(=O)c2ccccc2)cc1. The maximum Gasteiger partial charge on any atom is 0.259 e. The Kier molecular flexibility index (Phi) is 6.88. The summed E-state index contributed by atoms with van der Waals surface area (Å²) < 4.78 is 5.90. The third kappa shape index (κ3) is 5.04. The summed E-state index contributed by atoms with van der Waals surface area (Å²) in [7, 11) is 0. The number of rotatable bonds is 6. The second kappa shape index (κ2) is 10.3. The molecule has 190 valence electrons. The third-order valence-corrected chi connectivity index (χ3v) is 7.10. The molecule has 1 amide bonds. The molecule has 0 saturated carbocycles. The van der Waals surface area contributed by atoms with Crippen LogP contribution in [0.5, 0.6) is 5.75 Å². The largest absolute Gasteiger partial charge is 0.494 e. The molecule has 5 nitrogen and oxygen atoms in total. The van der Waals surface area contributed by atoms with Crippen LogP contribution in [-0.4, -0.2) is 18.3 Å². The fraction of sp³-hybridized carbons (Fsp3) is 0.312. The van der Waals surface area contributed by atoms with E-state index < -0.39 is 6.04 Å². The van der Waals surface area contributed by atoms with Crippen molar-refractivity contribution in [2.45, 2.75) is 52.5 Å². The van der Waals surface area contributed by atoms with E-state index in [1.165, 1.54) is 0 Å². The normalized spacial score (nSPS) is 18.4. The number of unbranched alkanes of at least 4 members (excludes halogenated alkanes) is 1. The number of hydrogen-bond donors (Lipinski definition) is 1. The summed E-state index contributed by atoms with van der Waals surface area (Å²) in [6, 6.07) is 24.4. The molecule has 5 rings (SSSR count). The number of fused-ring (bicyclic) bond motifs is 1. The zero-order valence-corrected chi connectivity index (χ0v) is 21.8. The highest BCUT2D eigenvalue weighted by atomic mass is 16.5. The molecule has 0 spiro atoms. The zero-order valence-electron chi connectivity index (χ0n) is 21.8. The van der Waals surface area contributed by atoms with Crippen molar-refractivity contribution < 1.29 is 14.3 Å². The van der Waals surface area contributed by atoms with Gasteiger partial charge in [-0.15, -0.1) is 0 Å². The molecule has 37 heavy (non-hydrogen) atoms. The number of ether oxygens (including phenoxy) is 1. The van der Waals surface area contributed by atoms with Crippen molar-refractivity contribution in [2.24, 2.45) is 5.41 Å². The molecule has 0 aromatic heterocycles. The van der Waals surface area contributed by atoms with Crippen LogP contribution in [0.2, 0.25) is 0 Å². The topological polar surface area (TPSA) is 58.6 Å². The van der Waals surface area contributed by atoms with Crippen molar-refractivity contribution in [3.8, 4) is 5.75 Å². The van der Waals surface area contributed by atoms with E-state index in [0.717, 1.165) is 47.6 Å². The summed E-state index contributed by atoms with van der Waals surface area (Å²) in [6.45, 7) is 7.05. The van der Waals surface area contributed by atoms with E-state index in [4.69, 9.17) is 4.74 Å². The smallest absolute Gasteiger partial charge is 0.259 e. The summed E-state index contributed by atoms with van der Waals surface area (Å²) in [6.07, 6.45) is 3.22. The predicted molar refractivity (Wildman–Crippen MR) is 148 cm³/mol. The van der Waals surface area contributed by atoms with Gasteiger partial charge in [0.2, 0.25) is 0 Å². The molecule has 1 aliphatic heterocycles. The lowest BCUT2D eigenvalue weighted by atomic mass is 9.73. The zero-order chi connectivity index (χ0) is 26.0. The van der Waals surface area contributed by atoms with Gasteiger partial charge in [0.15, 0.2) is 5.78 Å². The van der Waals surface area contributed by atoms with Crippen LogP contribution in [-0.2, 0) is 4.79 Å². The van der Waals surface area contributed by atoms with Crippen LogP contribution < -0.4 is 15.0 Å². The van der Waals surface area contributed by atoms with Gasteiger partial charge in [0.05, 0.1) is 24.0 Å². The Hall–Kier alpha value is -3.86. The van der Waals surface area contributed by atoms with Crippen LogP contribution in [0.15, 0.2) is 90.1 Å². The Labute approximate surface area is 219 Å². The Bertz CT molecular complexity index is 1330. The molecule has 5 heteroatoms. The minimum Gasteiger partial charge on any atom is -0.494 e. The summed E-state index contributed by atoms with van der Waals surface area (Å²) in [5.74, 6) is 0.718. The van der Waals surface area contributed by atoms with Gasteiger partial charge in [0.25, 0.3) is 5.91 Å². The number of amides is 1. The first-order valence-corrected chi connectivity index (χ1v) is 13.1. The number of nitrogens with zero attached hydrogens (tertiary/aromatic N) is 1. The third-order valence-electron chi connectivity index (χ3n) is 7.10. The molecule has 1 aliphatic carbocycles. The van der Waals surface area contributed by atoms with Gasteiger partial charge in [-0.1, -0.05) is 69.7 Å². The van der Waals surface area contributed by atoms with E-state index in [1.807, 2.05) is 78.9 Å². The van der Waals surface area contributed by atoms with Gasteiger partial charge in [0.1, 0.15) is 5.75 Å². The maximum absolute atomic E-state index is 14.2. The van der Waals surface area contributed by atoms with Gasteiger partial charge in [-0.05, 0) is 60.2 Å². The number of benzene rings is 3. The molecule has 0 radical (unpaired) electrons. The average Bonchev–Trinajstić information content (AvgIpc) is 3.03. The lowest BCUT2D eigenvalue weighted by Crippen LogP contribution is -2.39. The summed E-state index contributed by atoms with van der Waals surface area (Å²) in [4.78, 5) is 29.8. The lowest BCUT2D eigenvalue weighted by Gasteiger charge is -2.37. The van der Waals surface area contributed by atoms with Crippen LogP contribution in [0.1, 0.15) is 68.4 Å². The van der Waals surface area contributed by atoms with Gasteiger partial charge in [-0.25, -0.2) is 0 Å². The van der Waals surface area contributed by atoms with E-state index in [-0.39, 0.29) is 17.1 Å². The molecular formula is C32H34N2O3. The van der Waals surface area contributed by atoms with Crippen LogP contribution in [0.3, 0.4) is 0 Å². The first kappa shape index (κ1) is 24.8. The molecule has 3 aromatic rings. The molecule has 0 saturated heterocycles. The number of ketones is 1. The molecule has 0 bridgehead atoms. The molecule has 1 unspecified atom stereocenters. The van der Waals surface area contributed by atoms with Gasteiger partial charge in [-0.2, -0.15) is 0 Å². The van der Waals surface area contributed by atoms with Crippen LogP contribution in [0.25, 0.3) is 0 Å². The number of carbonyl (C=O) groups is 2. The number of hydrogen-bond acceptors (Lipinski definition) is 4. The second-order valence-corrected chi connectivity index (χ2v) is 10.7. The van der Waals surface area contributed by atoms with E-state index in [1.54, 1.807) is 4.90 Å². The predicted octanol–water partition coefficient (Wildman–Crippen LogP) is 7.32. The number of allylic oxidation sites excluding steroid dienone is 1. The summed E-state index contributed by atoms with van der Waals surface area (Å²) >= 11 is 0. The highest BCUT2D eigenvalue weighted by molar-refractivity contribution is 6.12. The number of carbonyl (C=O) groups excluding carboxylic acids is 2. The highest BCUT2D eigenvalue weighted by Gasteiger charge is 2.43. The number of Topliss-reactive ketones (excluding diaryl/α,β-unsaturated/α-hetero) is 1. The number of para-hydroxylation sites is 2. The maximum atomic E-state index is 14.2.